The fourth-order valence-corrected chi connectivity index (χ4v) is 4.10. The molecule has 0 aliphatic carbocycles. The molecule has 0 bridgehead atoms. The molecule has 0 aliphatic heterocycles. The molecule has 1 amide bonds. The van der Waals surface area contributed by atoms with Gasteiger partial charge in [0.25, 0.3) is 0 Å². The van der Waals surface area contributed by atoms with Crippen LogP contribution in [0.2, 0.25) is 0 Å². The minimum Gasteiger partial charge on any atom is -0.497 e. The number of aromatic nitrogens is 3. The average Bonchev–Trinajstić information content (AvgIpc) is 3.43. The maximum atomic E-state index is 12.4. The number of thioether (sulfide) groups is 1. The number of carbonyl (C=O) groups excluding carboxylic acids is 1. The van der Waals surface area contributed by atoms with Crippen molar-refractivity contribution in [2.75, 3.05) is 18.2 Å². The van der Waals surface area contributed by atoms with E-state index in [0.717, 1.165) is 27.2 Å². The topological polar surface area (TPSA) is 82.2 Å². The van der Waals surface area contributed by atoms with Crippen molar-refractivity contribution in [2.24, 2.45) is 0 Å². The number of rotatable bonds is 8. The molecule has 0 atom stereocenters. The summed E-state index contributed by atoms with van der Waals surface area (Å²) in [4.78, 5) is 12.4. The van der Waals surface area contributed by atoms with Crippen LogP contribution in [0.4, 0.5) is 5.69 Å². The molecule has 7 nitrogen and oxygen atoms in total. The van der Waals surface area contributed by atoms with Crippen LogP contribution in [0, 0.1) is 0 Å². The van der Waals surface area contributed by atoms with E-state index in [2.05, 4.69) is 31.4 Å². The predicted molar refractivity (Wildman–Crippen MR) is 123 cm³/mol. The van der Waals surface area contributed by atoms with E-state index in [4.69, 9.17) is 9.15 Å². The van der Waals surface area contributed by atoms with Crippen LogP contribution in [-0.4, -0.2) is 33.5 Å². The van der Waals surface area contributed by atoms with Crippen molar-refractivity contribution in [1.29, 1.82) is 0 Å². The van der Waals surface area contributed by atoms with E-state index in [1.807, 2.05) is 65.2 Å². The lowest BCUT2D eigenvalue weighted by atomic mass is 10.2. The number of hydrogen-bond acceptors (Lipinski definition) is 6. The summed E-state index contributed by atoms with van der Waals surface area (Å²) < 4.78 is 13.7. The molecule has 0 saturated heterocycles. The largest absolute Gasteiger partial charge is 0.497 e. The van der Waals surface area contributed by atoms with Crippen LogP contribution in [0.1, 0.15) is 5.76 Å². The quantitative estimate of drug-likeness (QED) is 0.340. The van der Waals surface area contributed by atoms with Gasteiger partial charge in [-0.25, -0.2) is 0 Å². The molecule has 2 aromatic carbocycles. The summed E-state index contributed by atoms with van der Waals surface area (Å²) in [6, 6.07) is 18.8. The van der Waals surface area contributed by atoms with Crippen LogP contribution in [0.3, 0.4) is 0 Å². The Labute approximate surface area is 191 Å². The highest BCUT2D eigenvalue weighted by atomic mass is 79.9. The van der Waals surface area contributed by atoms with Gasteiger partial charge in [-0.15, -0.1) is 10.2 Å². The van der Waals surface area contributed by atoms with Crippen molar-refractivity contribution in [3.8, 4) is 17.1 Å². The molecule has 0 aliphatic rings. The SMILES string of the molecule is COc1cccc(-c2nnc(SCC(=O)Nc3cccc(Br)c3)n2Cc2ccco2)c1. The lowest BCUT2D eigenvalue weighted by molar-refractivity contribution is -0.113. The highest BCUT2D eigenvalue weighted by Crippen LogP contribution is 2.28. The van der Waals surface area contributed by atoms with Crippen LogP contribution in [0.25, 0.3) is 11.4 Å². The van der Waals surface area contributed by atoms with Gasteiger partial charge in [0.05, 0.1) is 25.7 Å². The zero-order valence-electron chi connectivity index (χ0n) is 16.6. The molecule has 1 N–H and O–H groups in total. The molecule has 158 valence electrons. The molecule has 2 heterocycles. The van der Waals surface area contributed by atoms with E-state index in [-0.39, 0.29) is 11.7 Å². The fraction of sp³-hybridized carbons (Fsp3) is 0.136. The highest BCUT2D eigenvalue weighted by molar-refractivity contribution is 9.10. The van der Waals surface area contributed by atoms with Gasteiger partial charge in [0.1, 0.15) is 11.5 Å². The van der Waals surface area contributed by atoms with Crippen molar-refractivity contribution < 1.29 is 13.9 Å². The number of amides is 1. The van der Waals surface area contributed by atoms with Crippen molar-refractivity contribution in [3.05, 3.63) is 77.2 Å². The van der Waals surface area contributed by atoms with Gasteiger partial charge in [-0.3, -0.25) is 9.36 Å². The Balaban J connectivity index is 1.55. The third kappa shape index (κ3) is 5.36. The molecule has 0 fully saturated rings. The van der Waals surface area contributed by atoms with Crippen LogP contribution < -0.4 is 10.1 Å². The molecule has 0 unspecified atom stereocenters. The van der Waals surface area contributed by atoms with Crippen LogP contribution >= 0.6 is 27.7 Å². The van der Waals surface area contributed by atoms with Crippen molar-refractivity contribution in [1.82, 2.24) is 14.8 Å². The number of hydrogen-bond donors (Lipinski definition) is 1. The number of furan rings is 1. The maximum absolute atomic E-state index is 12.4. The number of nitrogens with zero attached hydrogens (tertiary/aromatic N) is 3. The Morgan fingerprint density at radius 1 is 1.16 bits per heavy atom. The molecule has 9 heteroatoms. The number of benzene rings is 2. The Morgan fingerprint density at radius 3 is 2.81 bits per heavy atom. The standard InChI is InChI=1S/C22H19BrN4O3S/c1-29-18-8-2-5-15(11-18)21-25-26-22(27(21)13-19-9-4-10-30-19)31-14-20(28)24-17-7-3-6-16(23)12-17/h2-12H,13-14H2,1H3,(H,24,28). The van der Waals surface area contributed by atoms with Crippen molar-refractivity contribution in [3.63, 3.8) is 0 Å². The molecule has 31 heavy (non-hydrogen) atoms. The van der Waals surface area contributed by atoms with Gasteiger partial charge in [0, 0.05) is 15.7 Å². The maximum Gasteiger partial charge on any atom is 0.234 e. The number of ether oxygens (including phenoxy) is 1. The van der Waals surface area contributed by atoms with Gasteiger partial charge >= 0.3 is 0 Å². The zero-order chi connectivity index (χ0) is 21.6. The number of nitrogens with one attached hydrogen (secondary N) is 1. The van der Waals surface area contributed by atoms with Gasteiger partial charge in [0.15, 0.2) is 11.0 Å². The summed E-state index contributed by atoms with van der Waals surface area (Å²) in [5.41, 5.74) is 1.60. The molecule has 0 radical (unpaired) electrons. The summed E-state index contributed by atoms with van der Waals surface area (Å²) in [5.74, 6) is 2.24. The second kappa shape index (κ2) is 9.84. The Morgan fingerprint density at radius 2 is 2.03 bits per heavy atom. The lowest BCUT2D eigenvalue weighted by Crippen LogP contribution is -2.14. The summed E-state index contributed by atoms with van der Waals surface area (Å²) in [5, 5.41) is 12.2. The van der Waals surface area contributed by atoms with E-state index in [1.165, 1.54) is 11.8 Å². The minimum absolute atomic E-state index is 0.126. The Bertz CT molecular complexity index is 1180. The fourth-order valence-electron chi connectivity index (χ4n) is 2.97. The summed E-state index contributed by atoms with van der Waals surface area (Å²) in [7, 11) is 1.62. The van der Waals surface area contributed by atoms with Gasteiger partial charge in [-0.05, 0) is 42.5 Å². The number of methoxy groups -OCH3 is 1. The van der Waals surface area contributed by atoms with Gasteiger partial charge in [-0.2, -0.15) is 0 Å². The first-order chi connectivity index (χ1) is 15.1. The van der Waals surface area contributed by atoms with E-state index >= 15 is 0 Å². The summed E-state index contributed by atoms with van der Waals surface area (Å²) in [6.45, 7) is 0.447. The first-order valence-electron chi connectivity index (χ1n) is 9.40. The smallest absolute Gasteiger partial charge is 0.234 e. The van der Waals surface area contributed by atoms with E-state index in [0.29, 0.717) is 17.5 Å². The normalized spacial score (nSPS) is 10.8. The number of halogens is 1. The lowest BCUT2D eigenvalue weighted by Gasteiger charge is -2.10. The second-order valence-electron chi connectivity index (χ2n) is 6.55. The van der Waals surface area contributed by atoms with Crippen LogP contribution in [0.15, 0.2) is 81.0 Å². The second-order valence-corrected chi connectivity index (χ2v) is 8.41. The summed E-state index contributed by atoms with van der Waals surface area (Å²) in [6.07, 6.45) is 1.63. The molecule has 4 aromatic rings. The minimum atomic E-state index is -0.126. The third-order valence-electron chi connectivity index (χ3n) is 4.38. The van der Waals surface area contributed by atoms with Crippen LogP contribution in [-0.2, 0) is 11.3 Å². The van der Waals surface area contributed by atoms with Gasteiger partial charge in [-0.1, -0.05) is 45.9 Å². The molecular formula is C22H19BrN4O3S. The van der Waals surface area contributed by atoms with Gasteiger partial charge < -0.3 is 14.5 Å². The Hall–Kier alpha value is -3.04. The molecule has 2 aromatic heterocycles. The summed E-state index contributed by atoms with van der Waals surface area (Å²) >= 11 is 4.72. The third-order valence-corrected chi connectivity index (χ3v) is 5.84. The van der Waals surface area contributed by atoms with Gasteiger partial charge in [0.2, 0.25) is 5.91 Å². The number of carbonyl (C=O) groups is 1. The van der Waals surface area contributed by atoms with Crippen molar-refractivity contribution >= 4 is 39.3 Å². The first kappa shape index (κ1) is 21.2. The molecule has 4 rings (SSSR count). The monoisotopic (exact) mass is 498 g/mol. The van der Waals surface area contributed by atoms with E-state index < -0.39 is 0 Å². The number of anilines is 1. The van der Waals surface area contributed by atoms with E-state index in [1.54, 1.807) is 13.4 Å². The van der Waals surface area contributed by atoms with Crippen LogP contribution in [0.5, 0.6) is 5.75 Å². The zero-order valence-corrected chi connectivity index (χ0v) is 19.0. The van der Waals surface area contributed by atoms with E-state index in [9.17, 15) is 4.79 Å². The predicted octanol–water partition coefficient (Wildman–Crippen LogP) is 5.09. The van der Waals surface area contributed by atoms with Crippen molar-refractivity contribution in [2.45, 2.75) is 11.7 Å². The molecular weight excluding hydrogens is 480 g/mol. The molecule has 0 saturated carbocycles. The molecule has 0 spiro atoms. The average molecular weight is 499 g/mol. The Kier molecular flexibility index (Phi) is 6.73. The first-order valence-corrected chi connectivity index (χ1v) is 11.2. The highest BCUT2D eigenvalue weighted by Gasteiger charge is 2.17.